The molecule has 4 fully saturated rings. The molecule has 0 aromatic heterocycles. The molecule has 2 heterocycles. The molecule has 4 atom stereocenters. The zero-order chi connectivity index (χ0) is 10.7. The minimum atomic E-state index is -0.688. The Bertz CT molecular complexity index is 338. The second kappa shape index (κ2) is 2.64. The molecule has 2 aliphatic carbocycles. The largest absolute Gasteiger partial charge is 0.462 e. The van der Waals surface area contributed by atoms with E-state index < -0.39 is 5.60 Å². The molecule has 82 valence electrons. The molecular formula is C12H16O3. The smallest absolute Gasteiger partial charge is 0.309 e. The summed E-state index contributed by atoms with van der Waals surface area (Å²) >= 11 is 0. The van der Waals surface area contributed by atoms with Gasteiger partial charge in [0.25, 0.3) is 0 Å². The lowest BCUT2D eigenvalue weighted by Gasteiger charge is -2.49. The lowest BCUT2D eigenvalue weighted by atomic mass is 9.57. The molecule has 1 N–H and O–H groups in total. The Morgan fingerprint density at radius 3 is 2.93 bits per heavy atom. The molecule has 0 spiro atoms. The summed E-state index contributed by atoms with van der Waals surface area (Å²) in [7, 11) is 0. The highest BCUT2D eigenvalue weighted by atomic mass is 16.5. The van der Waals surface area contributed by atoms with Gasteiger partial charge in [0.15, 0.2) is 0 Å². The Morgan fingerprint density at radius 2 is 2.20 bits per heavy atom. The van der Waals surface area contributed by atoms with E-state index in [1.807, 2.05) is 6.08 Å². The number of allylic oxidation sites excluding steroid dienone is 1. The van der Waals surface area contributed by atoms with Crippen LogP contribution in [0.25, 0.3) is 0 Å². The molecule has 2 saturated carbocycles. The van der Waals surface area contributed by atoms with E-state index in [1.54, 1.807) is 0 Å². The topological polar surface area (TPSA) is 46.5 Å². The monoisotopic (exact) mass is 208 g/mol. The summed E-state index contributed by atoms with van der Waals surface area (Å²) in [5, 5.41) is 10.4. The number of rotatable bonds is 1. The van der Waals surface area contributed by atoms with Crippen molar-refractivity contribution in [3.8, 4) is 0 Å². The van der Waals surface area contributed by atoms with E-state index >= 15 is 0 Å². The van der Waals surface area contributed by atoms with Gasteiger partial charge in [0.2, 0.25) is 0 Å². The van der Waals surface area contributed by atoms with Crippen LogP contribution in [0.5, 0.6) is 0 Å². The quantitative estimate of drug-likeness (QED) is 0.523. The average molecular weight is 208 g/mol. The first-order valence-corrected chi connectivity index (χ1v) is 5.61. The first-order chi connectivity index (χ1) is 7.04. The van der Waals surface area contributed by atoms with Gasteiger partial charge in [0.05, 0.1) is 11.5 Å². The highest BCUT2D eigenvalue weighted by molar-refractivity contribution is 5.74. The van der Waals surface area contributed by atoms with Crippen molar-refractivity contribution >= 4 is 5.97 Å². The second-order valence-corrected chi connectivity index (χ2v) is 5.54. The Hall–Kier alpha value is -0.830. The summed E-state index contributed by atoms with van der Waals surface area (Å²) in [6, 6.07) is 0. The second-order valence-electron chi connectivity index (χ2n) is 5.54. The Labute approximate surface area is 89.1 Å². The Kier molecular flexibility index (Phi) is 1.66. The number of carbonyl (C=O) groups excluding carboxylic acids is 1. The zero-order valence-electron chi connectivity index (χ0n) is 8.74. The van der Waals surface area contributed by atoms with E-state index in [0.29, 0.717) is 12.8 Å². The molecule has 2 saturated heterocycles. The van der Waals surface area contributed by atoms with Gasteiger partial charge < -0.3 is 9.84 Å². The normalized spacial score (nSPS) is 52.5. The number of hydrogen-bond donors (Lipinski definition) is 1. The van der Waals surface area contributed by atoms with Gasteiger partial charge in [-0.05, 0) is 31.1 Å². The van der Waals surface area contributed by atoms with Gasteiger partial charge in [-0.1, -0.05) is 6.08 Å². The number of carbonyl (C=O) groups is 1. The van der Waals surface area contributed by atoms with Gasteiger partial charge in [-0.15, -0.1) is 6.58 Å². The van der Waals surface area contributed by atoms with Crippen molar-refractivity contribution in [2.45, 2.75) is 43.8 Å². The maximum absolute atomic E-state index is 11.7. The Balaban J connectivity index is 2.06. The lowest BCUT2D eigenvalue weighted by molar-refractivity contribution is -0.151. The predicted octanol–water partition coefficient (Wildman–Crippen LogP) is 1.41. The van der Waals surface area contributed by atoms with Crippen molar-refractivity contribution in [3.63, 3.8) is 0 Å². The van der Waals surface area contributed by atoms with Crippen LogP contribution in [0.1, 0.15) is 32.1 Å². The van der Waals surface area contributed by atoms with Crippen molar-refractivity contribution in [1.29, 1.82) is 0 Å². The lowest BCUT2D eigenvalue weighted by Crippen LogP contribution is -2.49. The van der Waals surface area contributed by atoms with Gasteiger partial charge in [0.1, 0.15) is 6.10 Å². The summed E-state index contributed by atoms with van der Waals surface area (Å²) < 4.78 is 5.38. The zero-order valence-corrected chi connectivity index (χ0v) is 8.74. The van der Waals surface area contributed by atoms with Crippen LogP contribution in [0, 0.1) is 11.3 Å². The molecule has 15 heavy (non-hydrogen) atoms. The van der Waals surface area contributed by atoms with Gasteiger partial charge in [-0.3, -0.25) is 4.79 Å². The van der Waals surface area contributed by atoms with Crippen molar-refractivity contribution in [3.05, 3.63) is 12.7 Å². The van der Waals surface area contributed by atoms with Crippen LogP contribution in [-0.4, -0.2) is 22.8 Å². The molecule has 3 heteroatoms. The fraction of sp³-hybridized carbons (Fsp3) is 0.750. The van der Waals surface area contributed by atoms with E-state index in [1.165, 1.54) is 0 Å². The first kappa shape index (κ1) is 9.40. The SMILES string of the molecule is C=CC12CC3CC(O)(CC(C1)C(=O)O3)C2. The van der Waals surface area contributed by atoms with Crippen LogP contribution < -0.4 is 0 Å². The van der Waals surface area contributed by atoms with Crippen molar-refractivity contribution in [1.82, 2.24) is 0 Å². The van der Waals surface area contributed by atoms with E-state index in [9.17, 15) is 9.90 Å². The summed E-state index contributed by atoms with van der Waals surface area (Å²) in [6.07, 6.45) is 5.45. The van der Waals surface area contributed by atoms with Crippen LogP contribution in [0.15, 0.2) is 12.7 Å². The molecule has 4 aliphatic rings. The molecule has 4 unspecified atom stereocenters. The van der Waals surface area contributed by atoms with Crippen molar-refractivity contribution < 1.29 is 14.6 Å². The van der Waals surface area contributed by atoms with Gasteiger partial charge in [-0.25, -0.2) is 0 Å². The van der Waals surface area contributed by atoms with Crippen molar-refractivity contribution in [2.75, 3.05) is 0 Å². The minimum Gasteiger partial charge on any atom is -0.462 e. The average Bonchev–Trinajstić information content (AvgIpc) is 2.27. The van der Waals surface area contributed by atoms with Crippen LogP contribution in [0.2, 0.25) is 0 Å². The van der Waals surface area contributed by atoms with Crippen LogP contribution in [-0.2, 0) is 9.53 Å². The molecule has 3 nitrogen and oxygen atoms in total. The number of esters is 1. The van der Waals surface area contributed by atoms with E-state index in [4.69, 9.17) is 4.74 Å². The molecule has 4 rings (SSSR count). The maximum Gasteiger partial charge on any atom is 0.309 e. The number of aliphatic hydroxyl groups is 1. The third kappa shape index (κ3) is 1.26. The van der Waals surface area contributed by atoms with E-state index in [-0.39, 0.29) is 23.4 Å². The van der Waals surface area contributed by atoms with Crippen molar-refractivity contribution in [2.24, 2.45) is 11.3 Å². The van der Waals surface area contributed by atoms with E-state index in [0.717, 1.165) is 19.3 Å². The number of hydrogen-bond acceptors (Lipinski definition) is 3. The molecular weight excluding hydrogens is 192 g/mol. The Morgan fingerprint density at radius 1 is 1.40 bits per heavy atom. The predicted molar refractivity (Wildman–Crippen MR) is 54.0 cm³/mol. The molecule has 4 bridgehead atoms. The van der Waals surface area contributed by atoms with Gasteiger partial charge >= 0.3 is 5.97 Å². The van der Waals surface area contributed by atoms with Crippen LogP contribution >= 0.6 is 0 Å². The molecule has 0 aromatic carbocycles. The summed E-state index contributed by atoms with van der Waals surface area (Å²) in [4.78, 5) is 11.7. The highest BCUT2D eigenvalue weighted by Crippen LogP contribution is 2.56. The van der Waals surface area contributed by atoms with Gasteiger partial charge in [-0.2, -0.15) is 0 Å². The summed E-state index contributed by atoms with van der Waals surface area (Å²) in [6.45, 7) is 3.87. The maximum atomic E-state index is 11.7. The number of ether oxygens (including phenoxy) is 1. The standard InChI is InChI=1S/C12H16O3/c1-2-11-3-8-4-12(14,7-11)6-9(5-11)15-10(8)13/h2,8-9,14H,1,3-7H2. The fourth-order valence-electron chi connectivity index (χ4n) is 3.83. The van der Waals surface area contributed by atoms with Crippen LogP contribution in [0.3, 0.4) is 0 Å². The highest BCUT2D eigenvalue weighted by Gasteiger charge is 2.57. The summed E-state index contributed by atoms with van der Waals surface area (Å²) in [5.74, 6) is -0.228. The molecule has 0 aromatic rings. The van der Waals surface area contributed by atoms with Crippen LogP contribution in [0.4, 0.5) is 0 Å². The third-order valence-corrected chi connectivity index (χ3v) is 4.25. The number of fused-ring (bicyclic) bond motifs is 1. The minimum absolute atomic E-state index is 0.0628. The third-order valence-electron chi connectivity index (χ3n) is 4.25. The van der Waals surface area contributed by atoms with E-state index in [2.05, 4.69) is 6.58 Å². The summed E-state index contributed by atoms with van der Waals surface area (Å²) in [5.41, 5.74) is -0.751. The van der Waals surface area contributed by atoms with Gasteiger partial charge in [0, 0.05) is 6.42 Å². The molecule has 0 amide bonds. The first-order valence-electron chi connectivity index (χ1n) is 5.61. The fourth-order valence-corrected chi connectivity index (χ4v) is 3.83. The molecule has 2 aliphatic heterocycles. The molecule has 0 radical (unpaired) electrons.